The fourth-order valence-electron chi connectivity index (χ4n) is 4.01. The van der Waals surface area contributed by atoms with Crippen molar-refractivity contribution >= 4 is 17.4 Å². The molecule has 186 valence electrons. The van der Waals surface area contributed by atoms with Gasteiger partial charge in [0.15, 0.2) is 11.3 Å². The number of fused-ring (bicyclic) bond motifs is 1. The Hall–Kier alpha value is -4.09. The lowest BCUT2D eigenvalue weighted by Gasteiger charge is -2.38. The first-order valence-electron chi connectivity index (χ1n) is 11.0. The van der Waals surface area contributed by atoms with Crippen molar-refractivity contribution in [2.45, 2.75) is 25.4 Å². The van der Waals surface area contributed by atoms with Gasteiger partial charge in [-0.15, -0.1) is 0 Å². The van der Waals surface area contributed by atoms with Gasteiger partial charge in [-0.25, -0.2) is 23.1 Å². The summed E-state index contributed by atoms with van der Waals surface area (Å²) in [7, 11) is 0. The number of rotatable bonds is 4. The molecule has 1 saturated heterocycles. The van der Waals surface area contributed by atoms with Gasteiger partial charge in [0.2, 0.25) is 0 Å². The van der Waals surface area contributed by atoms with Gasteiger partial charge in [-0.3, -0.25) is 4.98 Å². The predicted molar refractivity (Wildman–Crippen MR) is 122 cm³/mol. The summed E-state index contributed by atoms with van der Waals surface area (Å²) in [5, 5.41) is 6.98. The van der Waals surface area contributed by atoms with Gasteiger partial charge in [-0.05, 0) is 42.3 Å². The minimum atomic E-state index is -4.64. The van der Waals surface area contributed by atoms with Crippen molar-refractivity contribution in [2.75, 3.05) is 18.4 Å². The number of amides is 2. The van der Waals surface area contributed by atoms with Crippen LogP contribution in [0, 0.1) is 0 Å². The van der Waals surface area contributed by atoms with E-state index in [-0.39, 0.29) is 11.3 Å². The second-order valence-electron chi connectivity index (χ2n) is 8.41. The van der Waals surface area contributed by atoms with Crippen LogP contribution in [0.25, 0.3) is 28.2 Å². The third-order valence-corrected chi connectivity index (χ3v) is 5.83. The summed E-state index contributed by atoms with van der Waals surface area (Å²) in [5.41, 5.74) is 1.64. The molecule has 12 heteroatoms. The van der Waals surface area contributed by atoms with Gasteiger partial charge < -0.3 is 10.2 Å². The summed E-state index contributed by atoms with van der Waals surface area (Å²) < 4.78 is 67.8. The minimum absolute atomic E-state index is 0.0764. The number of aryl methyl sites for hydroxylation is 1. The van der Waals surface area contributed by atoms with Crippen LogP contribution in [0.2, 0.25) is 0 Å². The van der Waals surface area contributed by atoms with Gasteiger partial charge in [0.1, 0.15) is 0 Å². The molecule has 2 amide bonds. The lowest BCUT2D eigenvalue weighted by molar-refractivity contribution is -0.140. The number of hydrogen-bond donors (Lipinski definition) is 1. The molecule has 0 saturated carbocycles. The van der Waals surface area contributed by atoms with Crippen molar-refractivity contribution in [1.29, 1.82) is 0 Å². The highest BCUT2D eigenvalue weighted by molar-refractivity contribution is 5.91. The van der Waals surface area contributed by atoms with Crippen LogP contribution in [0.3, 0.4) is 0 Å². The van der Waals surface area contributed by atoms with Gasteiger partial charge in [0.05, 0.1) is 30.7 Å². The molecule has 4 aromatic rings. The number of carbonyl (C=O) groups is 1. The number of anilines is 1. The summed E-state index contributed by atoms with van der Waals surface area (Å²) in [4.78, 5) is 21.4. The molecule has 5 rings (SSSR count). The van der Waals surface area contributed by atoms with E-state index in [1.54, 1.807) is 30.5 Å². The van der Waals surface area contributed by atoms with E-state index in [4.69, 9.17) is 0 Å². The maximum absolute atomic E-state index is 13.4. The highest BCUT2D eigenvalue weighted by Gasteiger charge is 2.46. The Kier molecular flexibility index (Phi) is 5.61. The number of hydrogen-bond acceptors (Lipinski definition) is 4. The van der Waals surface area contributed by atoms with Crippen LogP contribution < -0.4 is 5.32 Å². The highest BCUT2D eigenvalue weighted by atomic mass is 19.4. The molecule has 0 aliphatic carbocycles. The standard InChI is InChI=1S/C24H19F5N6O/c1-2-14-5-6-15(10-18(14)32-22(36)34-12-23(25,26)13-34)19-11-35-20(31-19)8-7-17(33-35)16-4-3-9-30-21(16)24(27,28)29/h3-11H,2,12-13H2,1H3,(H,32,36). The third kappa shape index (κ3) is 4.45. The van der Waals surface area contributed by atoms with Gasteiger partial charge in [-0.2, -0.15) is 18.3 Å². The predicted octanol–water partition coefficient (Wildman–Crippen LogP) is 5.52. The topological polar surface area (TPSA) is 75.4 Å². The third-order valence-electron chi connectivity index (χ3n) is 5.83. The number of aromatic nitrogens is 4. The van der Waals surface area contributed by atoms with E-state index in [1.165, 1.54) is 22.7 Å². The number of halogens is 5. The number of nitrogens with one attached hydrogen (secondary N) is 1. The molecule has 0 atom stereocenters. The number of imidazole rings is 1. The maximum Gasteiger partial charge on any atom is 0.434 e. The first-order valence-corrected chi connectivity index (χ1v) is 11.0. The molecule has 1 aromatic carbocycles. The first kappa shape index (κ1) is 23.6. The number of urea groups is 1. The van der Waals surface area contributed by atoms with E-state index in [2.05, 4.69) is 20.4 Å². The molecule has 0 unspecified atom stereocenters. The zero-order valence-electron chi connectivity index (χ0n) is 18.9. The van der Waals surface area contributed by atoms with Crippen molar-refractivity contribution in [3.63, 3.8) is 0 Å². The number of pyridine rings is 1. The van der Waals surface area contributed by atoms with Crippen LogP contribution in [0.15, 0.2) is 54.9 Å². The molecule has 0 spiro atoms. The second kappa shape index (κ2) is 8.54. The van der Waals surface area contributed by atoms with Crippen LogP contribution in [0.1, 0.15) is 18.2 Å². The largest absolute Gasteiger partial charge is 0.434 e. The summed E-state index contributed by atoms with van der Waals surface area (Å²) in [6, 6.07) is 10.3. The Balaban J connectivity index is 1.46. The molecule has 1 aliphatic heterocycles. The van der Waals surface area contributed by atoms with E-state index in [0.29, 0.717) is 29.0 Å². The Morgan fingerprint density at radius 1 is 1.11 bits per heavy atom. The number of carbonyl (C=O) groups excluding carboxylic acids is 1. The van der Waals surface area contributed by atoms with Crippen molar-refractivity contribution in [2.24, 2.45) is 0 Å². The lowest BCUT2D eigenvalue weighted by Crippen LogP contribution is -2.59. The molecular formula is C24H19F5N6O. The quantitative estimate of drug-likeness (QED) is 0.373. The molecule has 0 bridgehead atoms. The summed E-state index contributed by atoms with van der Waals surface area (Å²) in [6.45, 7) is 0.632. The molecule has 1 aliphatic rings. The van der Waals surface area contributed by atoms with Crippen molar-refractivity contribution < 1.29 is 26.7 Å². The fraction of sp³-hybridized carbons (Fsp3) is 0.250. The number of benzene rings is 1. The smallest absolute Gasteiger partial charge is 0.312 e. The summed E-state index contributed by atoms with van der Waals surface area (Å²) >= 11 is 0. The molecule has 4 heterocycles. The molecule has 7 nitrogen and oxygen atoms in total. The SMILES string of the molecule is CCc1ccc(-c2cn3nc(-c4cccnc4C(F)(F)F)ccc3n2)cc1NC(=O)N1CC(F)(F)C1. The van der Waals surface area contributed by atoms with Crippen LogP contribution >= 0.6 is 0 Å². The molecule has 1 N–H and O–H groups in total. The molecular weight excluding hydrogens is 483 g/mol. The van der Waals surface area contributed by atoms with Crippen molar-refractivity contribution in [3.8, 4) is 22.5 Å². The average Bonchev–Trinajstić information content (AvgIpc) is 3.25. The van der Waals surface area contributed by atoms with E-state index in [9.17, 15) is 26.7 Å². The zero-order chi connectivity index (χ0) is 25.7. The van der Waals surface area contributed by atoms with Crippen LogP contribution in [0.5, 0.6) is 0 Å². The summed E-state index contributed by atoms with van der Waals surface area (Å²) in [5.74, 6) is -2.87. The highest BCUT2D eigenvalue weighted by Crippen LogP contribution is 2.35. The lowest BCUT2D eigenvalue weighted by atomic mass is 10.0. The van der Waals surface area contributed by atoms with Crippen molar-refractivity contribution in [1.82, 2.24) is 24.5 Å². The van der Waals surface area contributed by atoms with Crippen molar-refractivity contribution in [3.05, 3.63) is 66.1 Å². The summed E-state index contributed by atoms with van der Waals surface area (Å²) in [6.07, 6.45) is -1.41. The average molecular weight is 502 g/mol. The van der Waals surface area contributed by atoms with Gasteiger partial charge in [-0.1, -0.05) is 19.1 Å². The normalized spacial score (nSPS) is 15.1. The van der Waals surface area contributed by atoms with Gasteiger partial charge >= 0.3 is 12.2 Å². The Labute approximate surface area is 201 Å². The van der Waals surface area contributed by atoms with E-state index < -0.39 is 36.9 Å². The minimum Gasteiger partial charge on any atom is -0.312 e. The maximum atomic E-state index is 13.4. The number of alkyl halides is 5. The first-order chi connectivity index (χ1) is 17.0. The van der Waals surface area contributed by atoms with Gasteiger partial charge in [0.25, 0.3) is 5.92 Å². The Morgan fingerprint density at radius 3 is 2.58 bits per heavy atom. The number of likely N-dealkylation sites (tertiary alicyclic amines) is 1. The number of nitrogens with zero attached hydrogens (tertiary/aromatic N) is 5. The zero-order valence-corrected chi connectivity index (χ0v) is 18.9. The molecule has 1 fully saturated rings. The second-order valence-corrected chi connectivity index (χ2v) is 8.41. The Morgan fingerprint density at radius 2 is 1.89 bits per heavy atom. The van der Waals surface area contributed by atoms with E-state index >= 15 is 0 Å². The van der Waals surface area contributed by atoms with Crippen LogP contribution in [-0.2, 0) is 12.6 Å². The fourth-order valence-corrected chi connectivity index (χ4v) is 4.01. The molecule has 0 radical (unpaired) electrons. The van der Waals surface area contributed by atoms with E-state index in [0.717, 1.165) is 16.7 Å². The Bertz CT molecular complexity index is 1460. The molecule has 36 heavy (non-hydrogen) atoms. The van der Waals surface area contributed by atoms with Gasteiger partial charge in [0, 0.05) is 23.0 Å². The van der Waals surface area contributed by atoms with Crippen LogP contribution in [0.4, 0.5) is 32.4 Å². The monoisotopic (exact) mass is 502 g/mol. The molecule has 3 aromatic heterocycles. The van der Waals surface area contributed by atoms with Crippen LogP contribution in [-0.4, -0.2) is 49.5 Å². The van der Waals surface area contributed by atoms with E-state index in [1.807, 2.05) is 6.92 Å².